The molecule has 0 amide bonds. The number of anilines is 2. The van der Waals surface area contributed by atoms with Crippen LogP contribution in [0.5, 0.6) is 6.01 Å². The van der Waals surface area contributed by atoms with Crippen LogP contribution in [0.1, 0.15) is 25.5 Å². The van der Waals surface area contributed by atoms with E-state index in [9.17, 15) is 0 Å². The predicted octanol–water partition coefficient (Wildman–Crippen LogP) is 3.85. The van der Waals surface area contributed by atoms with E-state index in [0.29, 0.717) is 30.7 Å². The van der Waals surface area contributed by atoms with E-state index in [-0.39, 0.29) is 12.0 Å². The first-order valence-electron chi connectivity index (χ1n) is 9.32. The second kappa shape index (κ2) is 8.96. The Morgan fingerprint density at radius 3 is 2.90 bits per heavy atom. The highest BCUT2D eigenvalue weighted by Crippen LogP contribution is 2.26. The first-order valence-corrected chi connectivity index (χ1v) is 9.32. The second-order valence-corrected chi connectivity index (χ2v) is 6.12. The van der Waals surface area contributed by atoms with Crippen LogP contribution in [0.2, 0.25) is 0 Å². The van der Waals surface area contributed by atoms with E-state index >= 15 is 0 Å². The van der Waals surface area contributed by atoms with E-state index in [4.69, 9.17) is 18.6 Å². The molecule has 2 N–H and O–H groups in total. The van der Waals surface area contributed by atoms with E-state index in [2.05, 4.69) is 31.7 Å². The Kier molecular flexibility index (Phi) is 5.75. The topological polar surface area (TPSA) is 104 Å². The van der Waals surface area contributed by atoms with E-state index in [1.165, 1.54) is 6.26 Å². The molecule has 0 radical (unpaired) electrons. The molecule has 3 heterocycles. The minimum absolute atomic E-state index is 0.195. The summed E-state index contributed by atoms with van der Waals surface area (Å²) in [6.45, 7) is 2.72. The maximum atomic E-state index is 5.90. The summed E-state index contributed by atoms with van der Waals surface area (Å²) in [5.74, 6) is 2.38. The number of allylic oxidation sites excluding steroid dienone is 4. The third kappa shape index (κ3) is 4.95. The van der Waals surface area contributed by atoms with Crippen molar-refractivity contribution in [3.8, 4) is 6.01 Å². The van der Waals surface area contributed by atoms with Crippen LogP contribution < -0.4 is 15.4 Å². The lowest BCUT2D eigenvalue weighted by atomic mass is 10.0. The van der Waals surface area contributed by atoms with Gasteiger partial charge in [-0.1, -0.05) is 18.2 Å². The van der Waals surface area contributed by atoms with E-state index in [0.717, 1.165) is 24.2 Å². The number of hydrogen-bond donors (Lipinski definition) is 2. The molecule has 0 spiro atoms. The monoisotopic (exact) mass is 395 g/mol. The Bertz CT molecular complexity index is 963. The molecule has 2 aromatic heterocycles. The van der Waals surface area contributed by atoms with Gasteiger partial charge < -0.3 is 23.9 Å². The molecule has 1 aliphatic carbocycles. The first kappa shape index (κ1) is 18.6. The third-order valence-electron chi connectivity index (χ3n) is 4.02. The molecule has 0 unspecified atom stereocenters. The lowest BCUT2D eigenvalue weighted by Crippen LogP contribution is -2.14. The van der Waals surface area contributed by atoms with Gasteiger partial charge in [-0.2, -0.15) is 15.0 Å². The van der Waals surface area contributed by atoms with Crippen molar-refractivity contribution in [2.24, 2.45) is 0 Å². The molecule has 0 fully saturated rings. The van der Waals surface area contributed by atoms with Gasteiger partial charge in [0.15, 0.2) is 12.0 Å². The third-order valence-corrected chi connectivity index (χ3v) is 4.02. The van der Waals surface area contributed by atoms with E-state index < -0.39 is 0 Å². The number of furan rings is 1. The van der Waals surface area contributed by atoms with E-state index in [1.54, 1.807) is 12.5 Å². The van der Waals surface area contributed by atoms with Crippen LogP contribution in [0.4, 0.5) is 11.9 Å². The molecule has 2 aliphatic rings. The van der Waals surface area contributed by atoms with Crippen LogP contribution in [-0.4, -0.2) is 21.6 Å². The second-order valence-electron chi connectivity index (χ2n) is 6.12. The fraction of sp³-hybridized carbons (Fsp3) is 0.250. The average molecular weight is 395 g/mol. The summed E-state index contributed by atoms with van der Waals surface area (Å²) in [6, 6.07) is 3.87. The van der Waals surface area contributed by atoms with Crippen molar-refractivity contribution in [1.82, 2.24) is 15.0 Å². The highest BCUT2D eigenvalue weighted by atomic mass is 16.6. The standard InChI is InChI=1S/C20H21N5O4/c1-2-27-20-24-18(21-11-15-9-6-10-28-15)23-19(25-20)22-17-13-26-12-16(29-17)14-7-4-3-5-8-14/h3-4,6-7,9-10,12-13H,2,5,8,11H2,1H3,(H2,21,22,23,24,25). The van der Waals surface area contributed by atoms with Crippen molar-refractivity contribution < 1.29 is 18.6 Å². The Hall–Kier alpha value is -3.75. The molecule has 2 aromatic rings. The smallest absolute Gasteiger partial charge is 0.323 e. The minimum atomic E-state index is 0.195. The molecule has 0 saturated carbocycles. The summed E-state index contributed by atoms with van der Waals surface area (Å²) in [5.41, 5.74) is 1.06. The summed E-state index contributed by atoms with van der Waals surface area (Å²) in [7, 11) is 0. The summed E-state index contributed by atoms with van der Waals surface area (Å²) in [5, 5.41) is 6.09. The summed E-state index contributed by atoms with van der Waals surface area (Å²) < 4.78 is 22.1. The molecule has 0 atom stereocenters. The van der Waals surface area contributed by atoms with Gasteiger partial charge in [-0.05, 0) is 37.5 Å². The van der Waals surface area contributed by atoms with Crippen molar-refractivity contribution in [3.05, 3.63) is 72.1 Å². The van der Waals surface area contributed by atoms with Gasteiger partial charge in [0.1, 0.15) is 12.0 Å². The maximum absolute atomic E-state index is 5.90. The zero-order valence-corrected chi connectivity index (χ0v) is 15.9. The van der Waals surface area contributed by atoms with Gasteiger partial charge >= 0.3 is 6.01 Å². The SMILES string of the molecule is CCOc1nc(NCc2ccco2)nc(NC2=COC=C(C3=CC=CCC3)O2)n1. The quantitative estimate of drug-likeness (QED) is 0.689. The van der Waals surface area contributed by atoms with Crippen molar-refractivity contribution >= 4 is 11.9 Å². The molecule has 0 aromatic carbocycles. The fourth-order valence-corrected chi connectivity index (χ4v) is 2.70. The summed E-state index contributed by atoms with van der Waals surface area (Å²) in [6.07, 6.45) is 12.6. The average Bonchev–Trinajstić information content (AvgIpc) is 3.27. The molecule has 9 heteroatoms. The molecule has 1 aliphatic heterocycles. The molecule has 0 saturated heterocycles. The zero-order valence-electron chi connectivity index (χ0n) is 15.9. The van der Waals surface area contributed by atoms with Crippen molar-refractivity contribution in [1.29, 1.82) is 0 Å². The van der Waals surface area contributed by atoms with Gasteiger partial charge in [0, 0.05) is 0 Å². The lowest BCUT2D eigenvalue weighted by molar-refractivity contribution is 0.232. The number of nitrogens with one attached hydrogen (secondary N) is 2. The minimum Gasteiger partial charge on any atom is -0.467 e. The normalized spacial score (nSPS) is 15.4. The fourth-order valence-electron chi connectivity index (χ4n) is 2.70. The van der Waals surface area contributed by atoms with Gasteiger partial charge in [0.05, 0.1) is 19.4 Å². The number of nitrogens with zero attached hydrogens (tertiary/aromatic N) is 3. The van der Waals surface area contributed by atoms with Gasteiger partial charge in [0.25, 0.3) is 0 Å². The highest BCUT2D eigenvalue weighted by Gasteiger charge is 2.17. The van der Waals surface area contributed by atoms with Gasteiger partial charge in [-0.15, -0.1) is 0 Å². The van der Waals surface area contributed by atoms with Crippen molar-refractivity contribution in [3.63, 3.8) is 0 Å². The molecular formula is C20H21N5O4. The number of ether oxygens (including phenoxy) is 3. The van der Waals surface area contributed by atoms with Gasteiger partial charge in [0.2, 0.25) is 17.8 Å². The van der Waals surface area contributed by atoms with Crippen LogP contribution in [0.3, 0.4) is 0 Å². The highest BCUT2D eigenvalue weighted by molar-refractivity contribution is 5.41. The molecular weight excluding hydrogens is 374 g/mol. The van der Waals surface area contributed by atoms with Crippen molar-refractivity contribution in [2.45, 2.75) is 26.3 Å². The first-order chi connectivity index (χ1) is 14.3. The molecule has 150 valence electrons. The lowest BCUT2D eigenvalue weighted by Gasteiger charge is -2.19. The molecule has 29 heavy (non-hydrogen) atoms. The Balaban J connectivity index is 1.46. The van der Waals surface area contributed by atoms with Crippen molar-refractivity contribution in [2.75, 3.05) is 17.2 Å². The zero-order chi connectivity index (χ0) is 19.9. The van der Waals surface area contributed by atoms with Crippen LogP contribution >= 0.6 is 0 Å². The Labute approximate surface area is 167 Å². The largest absolute Gasteiger partial charge is 0.467 e. The molecule has 4 rings (SSSR count). The van der Waals surface area contributed by atoms with Crippen LogP contribution in [0, 0.1) is 0 Å². The molecule has 0 bridgehead atoms. The number of hydrogen-bond acceptors (Lipinski definition) is 9. The maximum Gasteiger partial charge on any atom is 0.323 e. The van der Waals surface area contributed by atoms with Gasteiger partial charge in [-0.25, -0.2) is 0 Å². The van der Waals surface area contributed by atoms with Crippen LogP contribution in [0.25, 0.3) is 0 Å². The predicted molar refractivity (Wildman–Crippen MR) is 105 cm³/mol. The Morgan fingerprint density at radius 2 is 2.10 bits per heavy atom. The molecule has 9 nitrogen and oxygen atoms in total. The number of rotatable bonds is 8. The Morgan fingerprint density at radius 1 is 1.17 bits per heavy atom. The van der Waals surface area contributed by atoms with E-state index in [1.807, 2.05) is 31.2 Å². The summed E-state index contributed by atoms with van der Waals surface area (Å²) in [4.78, 5) is 12.9. The van der Waals surface area contributed by atoms with Crippen LogP contribution in [-0.2, 0) is 16.0 Å². The van der Waals surface area contributed by atoms with Crippen LogP contribution in [0.15, 0.2) is 70.8 Å². The number of aromatic nitrogens is 3. The van der Waals surface area contributed by atoms with Gasteiger partial charge in [-0.3, -0.25) is 5.32 Å². The summed E-state index contributed by atoms with van der Waals surface area (Å²) >= 11 is 0.